The Hall–Kier alpha value is -3.07. The molecule has 6 heteroatoms. The molecule has 0 aromatic heterocycles. The van der Waals surface area contributed by atoms with Crippen LogP contribution in [0.4, 0.5) is 9.18 Å². The number of carbonyl (C=O) groups excluding carboxylic acids is 1. The summed E-state index contributed by atoms with van der Waals surface area (Å²) in [4.78, 5) is 11.7. The number of ether oxygens (including phenoxy) is 2. The molecule has 0 atom stereocenters. The predicted octanol–water partition coefficient (Wildman–Crippen LogP) is 5.34. The number of halogens is 1. The molecule has 0 aliphatic heterocycles. The van der Waals surface area contributed by atoms with Gasteiger partial charge in [-0.15, -0.1) is 0 Å². The van der Waals surface area contributed by atoms with Crippen molar-refractivity contribution in [2.75, 3.05) is 6.61 Å². The summed E-state index contributed by atoms with van der Waals surface area (Å²) >= 11 is 0. The second-order valence-corrected chi connectivity index (χ2v) is 5.97. The van der Waals surface area contributed by atoms with E-state index in [1.54, 1.807) is 19.1 Å². The average Bonchev–Trinajstić information content (AvgIpc) is 2.66. The van der Waals surface area contributed by atoms with Gasteiger partial charge in [0.15, 0.2) is 11.6 Å². The van der Waals surface area contributed by atoms with Crippen LogP contribution in [0.15, 0.2) is 30.3 Å². The first-order valence-corrected chi connectivity index (χ1v) is 8.91. The highest BCUT2D eigenvalue weighted by atomic mass is 19.1. The van der Waals surface area contributed by atoms with Crippen molar-refractivity contribution in [3.8, 4) is 28.7 Å². The minimum Gasteiger partial charge on any atom is -0.505 e. The molecule has 27 heavy (non-hydrogen) atoms. The molecule has 5 nitrogen and oxygen atoms in total. The van der Waals surface area contributed by atoms with Gasteiger partial charge in [0.2, 0.25) is 0 Å². The summed E-state index contributed by atoms with van der Waals surface area (Å²) in [6, 6.07) is 9.69. The number of hydrogen-bond acceptors (Lipinski definition) is 5. The SMILES string of the molecule is CCCCCc1cc(C#N)c(-c2ccccc2OC(=O)OCC)c(F)c1O. The summed E-state index contributed by atoms with van der Waals surface area (Å²) < 4.78 is 24.9. The van der Waals surface area contributed by atoms with Gasteiger partial charge < -0.3 is 14.6 Å². The second kappa shape index (κ2) is 9.58. The van der Waals surface area contributed by atoms with Gasteiger partial charge in [-0.05, 0) is 37.5 Å². The van der Waals surface area contributed by atoms with Crippen molar-refractivity contribution < 1.29 is 23.8 Å². The summed E-state index contributed by atoms with van der Waals surface area (Å²) in [6.45, 7) is 3.81. The summed E-state index contributed by atoms with van der Waals surface area (Å²) in [5.74, 6) is -1.34. The molecule has 0 unspecified atom stereocenters. The number of carbonyl (C=O) groups is 1. The fourth-order valence-corrected chi connectivity index (χ4v) is 2.80. The lowest BCUT2D eigenvalue weighted by atomic mass is 9.94. The van der Waals surface area contributed by atoms with Crippen molar-refractivity contribution in [1.82, 2.24) is 0 Å². The molecule has 1 N–H and O–H groups in total. The largest absolute Gasteiger partial charge is 0.513 e. The first kappa shape index (κ1) is 20.2. The number of nitrogens with zero attached hydrogens (tertiary/aromatic N) is 1. The molecular weight excluding hydrogens is 349 g/mol. The predicted molar refractivity (Wildman–Crippen MR) is 99.1 cm³/mol. The van der Waals surface area contributed by atoms with Crippen molar-refractivity contribution in [1.29, 1.82) is 5.26 Å². The Morgan fingerprint density at radius 1 is 1.26 bits per heavy atom. The van der Waals surface area contributed by atoms with Gasteiger partial charge in [-0.2, -0.15) is 5.26 Å². The van der Waals surface area contributed by atoms with Gasteiger partial charge in [0, 0.05) is 11.1 Å². The van der Waals surface area contributed by atoms with E-state index in [4.69, 9.17) is 9.47 Å². The number of rotatable bonds is 7. The van der Waals surface area contributed by atoms with Crippen LogP contribution in [0.25, 0.3) is 11.1 Å². The van der Waals surface area contributed by atoms with Crippen LogP contribution in [-0.4, -0.2) is 17.9 Å². The topological polar surface area (TPSA) is 79.5 Å². The molecule has 0 radical (unpaired) electrons. The van der Waals surface area contributed by atoms with Gasteiger partial charge in [-0.3, -0.25) is 0 Å². The molecule has 0 aliphatic carbocycles. The number of nitriles is 1. The van der Waals surface area contributed by atoms with Crippen LogP contribution in [0.1, 0.15) is 44.2 Å². The van der Waals surface area contributed by atoms with Gasteiger partial charge in [-0.1, -0.05) is 38.0 Å². The highest BCUT2D eigenvalue weighted by molar-refractivity contribution is 5.80. The number of aryl methyl sites for hydroxylation is 1. The normalized spacial score (nSPS) is 10.3. The number of unbranched alkanes of at least 4 members (excludes halogenated alkanes) is 2. The van der Waals surface area contributed by atoms with Crippen molar-refractivity contribution in [2.24, 2.45) is 0 Å². The zero-order valence-corrected chi connectivity index (χ0v) is 15.4. The lowest BCUT2D eigenvalue weighted by Gasteiger charge is -2.15. The van der Waals surface area contributed by atoms with Gasteiger partial charge in [-0.25, -0.2) is 9.18 Å². The number of hydrogen-bond donors (Lipinski definition) is 1. The molecule has 0 aliphatic rings. The summed E-state index contributed by atoms with van der Waals surface area (Å²) in [6.07, 6.45) is 2.28. The first-order chi connectivity index (χ1) is 13.0. The Balaban J connectivity index is 2.52. The monoisotopic (exact) mass is 371 g/mol. The molecule has 2 aromatic carbocycles. The maximum Gasteiger partial charge on any atom is 0.513 e. The van der Waals surface area contributed by atoms with E-state index in [2.05, 4.69) is 0 Å². The van der Waals surface area contributed by atoms with E-state index < -0.39 is 17.7 Å². The lowest BCUT2D eigenvalue weighted by Crippen LogP contribution is -2.11. The van der Waals surface area contributed by atoms with E-state index in [1.807, 2.05) is 13.0 Å². The molecule has 0 fully saturated rings. The molecule has 0 heterocycles. The highest BCUT2D eigenvalue weighted by Gasteiger charge is 2.22. The minimum absolute atomic E-state index is 0.0458. The van der Waals surface area contributed by atoms with E-state index in [0.717, 1.165) is 19.3 Å². The fraction of sp³-hybridized carbons (Fsp3) is 0.333. The molecule has 0 saturated carbocycles. The summed E-state index contributed by atoms with van der Waals surface area (Å²) in [7, 11) is 0. The van der Waals surface area contributed by atoms with Crippen molar-refractivity contribution in [3.05, 3.63) is 47.3 Å². The number of phenolic OH excluding ortho intramolecular Hbond substituents is 1. The molecule has 0 saturated heterocycles. The standard InChI is InChI=1S/C21H22FNO4/c1-3-5-6-9-14-12-15(13-23)18(19(22)20(14)24)16-10-7-8-11-17(16)27-21(25)26-4-2/h7-8,10-12,24H,3-6,9H2,1-2H3. The van der Waals surface area contributed by atoms with Gasteiger partial charge in [0.05, 0.1) is 18.2 Å². The van der Waals surface area contributed by atoms with Gasteiger partial charge in [0.25, 0.3) is 0 Å². The van der Waals surface area contributed by atoms with Gasteiger partial charge >= 0.3 is 6.16 Å². The van der Waals surface area contributed by atoms with Crippen LogP contribution in [0, 0.1) is 17.1 Å². The molecule has 0 amide bonds. The molecule has 0 bridgehead atoms. The molecule has 2 rings (SSSR count). The zero-order valence-electron chi connectivity index (χ0n) is 15.4. The smallest absolute Gasteiger partial charge is 0.505 e. The number of benzene rings is 2. The third kappa shape index (κ3) is 4.76. The van der Waals surface area contributed by atoms with Crippen LogP contribution in [-0.2, 0) is 11.2 Å². The number of para-hydroxylation sites is 1. The lowest BCUT2D eigenvalue weighted by molar-refractivity contribution is 0.104. The average molecular weight is 371 g/mol. The first-order valence-electron chi connectivity index (χ1n) is 8.91. The fourth-order valence-electron chi connectivity index (χ4n) is 2.80. The van der Waals surface area contributed by atoms with Crippen LogP contribution in [0.3, 0.4) is 0 Å². The van der Waals surface area contributed by atoms with E-state index in [1.165, 1.54) is 18.2 Å². The van der Waals surface area contributed by atoms with E-state index in [9.17, 15) is 19.6 Å². The zero-order chi connectivity index (χ0) is 19.8. The number of aromatic hydroxyl groups is 1. The maximum absolute atomic E-state index is 15.0. The van der Waals surface area contributed by atoms with Gasteiger partial charge in [0.1, 0.15) is 5.75 Å². The highest BCUT2D eigenvalue weighted by Crippen LogP contribution is 2.39. The number of phenols is 1. The maximum atomic E-state index is 15.0. The van der Waals surface area contributed by atoms with E-state index >= 15 is 0 Å². The molecule has 0 spiro atoms. The quantitative estimate of drug-likeness (QED) is 0.404. The molecular formula is C21H22FNO4. The van der Waals surface area contributed by atoms with Crippen LogP contribution in [0.2, 0.25) is 0 Å². The van der Waals surface area contributed by atoms with Crippen LogP contribution in [0.5, 0.6) is 11.5 Å². The third-order valence-electron chi connectivity index (χ3n) is 4.10. The van der Waals surface area contributed by atoms with Crippen molar-refractivity contribution in [2.45, 2.75) is 39.5 Å². The van der Waals surface area contributed by atoms with Crippen molar-refractivity contribution in [3.63, 3.8) is 0 Å². The van der Waals surface area contributed by atoms with E-state index in [0.29, 0.717) is 12.0 Å². The van der Waals surface area contributed by atoms with E-state index in [-0.39, 0.29) is 29.0 Å². The Morgan fingerprint density at radius 3 is 2.67 bits per heavy atom. The van der Waals surface area contributed by atoms with Crippen LogP contribution >= 0.6 is 0 Å². The summed E-state index contributed by atoms with van der Waals surface area (Å²) in [5.41, 5.74) is 0.547. The third-order valence-corrected chi connectivity index (χ3v) is 4.10. The Labute approximate surface area is 158 Å². The van der Waals surface area contributed by atoms with Crippen LogP contribution < -0.4 is 4.74 Å². The second-order valence-electron chi connectivity index (χ2n) is 5.97. The Morgan fingerprint density at radius 2 is 2.00 bits per heavy atom. The summed E-state index contributed by atoms with van der Waals surface area (Å²) in [5, 5.41) is 19.8. The Kier molecular flexibility index (Phi) is 7.18. The molecule has 2 aromatic rings. The Bertz CT molecular complexity index is 858. The minimum atomic E-state index is -0.927. The van der Waals surface area contributed by atoms with Crippen molar-refractivity contribution >= 4 is 6.16 Å². The molecule has 142 valence electrons.